The molecule has 0 saturated heterocycles. The van der Waals surface area contributed by atoms with Gasteiger partial charge in [0.05, 0.1) is 12.1 Å². The van der Waals surface area contributed by atoms with Gasteiger partial charge in [-0.2, -0.15) is 13.2 Å². The molecular formula is C14H16F3NO. The molecule has 1 aliphatic heterocycles. The number of para-hydroxylation sites is 1. The number of halogens is 3. The van der Waals surface area contributed by atoms with E-state index in [0.717, 1.165) is 5.56 Å². The predicted octanol–water partition coefficient (Wildman–Crippen LogP) is 3.57. The third-order valence-electron chi connectivity index (χ3n) is 3.64. The van der Waals surface area contributed by atoms with Crippen LogP contribution in [0, 0.1) is 6.92 Å². The maximum atomic E-state index is 12.8. The first-order valence-corrected chi connectivity index (χ1v) is 6.09. The molecule has 0 aliphatic carbocycles. The van der Waals surface area contributed by atoms with Crippen molar-refractivity contribution in [2.45, 2.75) is 38.8 Å². The molecular weight excluding hydrogens is 255 g/mol. The van der Waals surface area contributed by atoms with Crippen LogP contribution in [0.4, 0.5) is 18.9 Å². The molecule has 1 heterocycles. The minimum atomic E-state index is -4.25. The summed E-state index contributed by atoms with van der Waals surface area (Å²) in [6.07, 6.45) is -5.16. The van der Waals surface area contributed by atoms with E-state index in [1.807, 2.05) is 13.0 Å². The molecule has 1 aromatic rings. The van der Waals surface area contributed by atoms with E-state index in [9.17, 15) is 18.0 Å². The highest BCUT2D eigenvalue weighted by molar-refractivity contribution is 5.95. The zero-order valence-electron chi connectivity index (χ0n) is 11.1. The number of amides is 1. The number of nitrogens with zero attached hydrogens (tertiary/aromatic N) is 1. The van der Waals surface area contributed by atoms with E-state index >= 15 is 0 Å². The second-order valence-corrected chi connectivity index (χ2v) is 5.43. The van der Waals surface area contributed by atoms with Gasteiger partial charge >= 0.3 is 6.18 Å². The molecule has 0 N–H and O–H groups in total. The van der Waals surface area contributed by atoms with Crippen LogP contribution in [0.25, 0.3) is 0 Å². The highest BCUT2D eigenvalue weighted by atomic mass is 19.4. The van der Waals surface area contributed by atoms with Crippen LogP contribution in [0.5, 0.6) is 0 Å². The zero-order chi connectivity index (χ0) is 14.4. The minimum Gasteiger partial charge on any atom is -0.311 e. The fourth-order valence-electron chi connectivity index (χ4n) is 2.88. The summed E-state index contributed by atoms with van der Waals surface area (Å²) in [5.74, 6) is -0.221. The molecule has 2 nitrogen and oxygen atoms in total. The second-order valence-electron chi connectivity index (χ2n) is 5.43. The average Bonchev–Trinajstić information content (AvgIpc) is 2.51. The van der Waals surface area contributed by atoms with Crippen LogP contribution >= 0.6 is 0 Å². The van der Waals surface area contributed by atoms with Gasteiger partial charge in [-0.3, -0.25) is 4.79 Å². The van der Waals surface area contributed by atoms with Crippen molar-refractivity contribution >= 4 is 11.6 Å². The molecule has 0 saturated carbocycles. The Balaban J connectivity index is 2.53. The molecule has 1 amide bonds. The number of rotatable bonds is 1. The number of carbonyl (C=O) groups is 1. The third-order valence-corrected chi connectivity index (χ3v) is 3.64. The molecule has 19 heavy (non-hydrogen) atoms. The Morgan fingerprint density at radius 1 is 1.42 bits per heavy atom. The maximum Gasteiger partial charge on any atom is 0.390 e. The summed E-state index contributed by atoms with van der Waals surface area (Å²) < 4.78 is 38.3. The van der Waals surface area contributed by atoms with Gasteiger partial charge in [-0.05, 0) is 18.1 Å². The van der Waals surface area contributed by atoms with E-state index in [0.29, 0.717) is 11.3 Å². The molecule has 1 atom stereocenters. The predicted molar refractivity (Wildman–Crippen MR) is 67.2 cm³/mol. The molecule has 1 aliphatic rings. The molecule has 0 bridgehead atoms. The van der Waals surface area contributed by atoms with Crippen LogP contribution in [0.3, 0.4) is 0 Å². The Morgan fingerprint density at radius 3 is 2.58 bits per heavy atom. The number of alkyl halides is 3. The average molecular weight is 271 g/mol. The normalized spacial score (nSPS) is 22.5. The van der Waals surface area contributed by atoms with E-state index in [-0.39, 0.29) is 12.5 Å². The van der Waals surface area contributed by atoms with Gasteiger partial charge < -0.3 is 4.90 Å². The van der Waals surface area contributed by atoms with Gasteiger partial charge in [-0.25, -0.2) is 0 Å². The zero-order valence-corrected chi connectivity index (χ0v) is 11.1. The Bertz CT molecular complexity index is 524. The van der Waals surface area contributed by atoms with Crippen LogP contribution in [0.1, 0.15) is 31.4 Å². The standard InChI is InChI=1S/C14H16F3NO/c1-9-5-4-6-11-12(9)18(10(2)19)8-13(11,3)7-14(15,16)17/h4-6H,7-8H2,1-3H3. The first kappa shape index (κ1) is 13.9. The molecule has 1 unspecified atom stereocenters. The van der Waals surface area contributed by atoms with Gasteiger partial charge in [-0.1, -0.05) is 25.1 Å². The van der Waals surface area contributed by atoms with E-state index in [1.54, 1.807) is 19.1 Å². The van der Waals surface area contributed by atoms with Crippen LogP contribution in [-0.2, 0) is 10.2 Å². The van der Waals surface area contributed by atoms with Crippen molar-refractivity contribution in [3.8, 4) is 0 Å². The SMILES string of the molecule is CC(=O)N1CC(C)(CC(F)(F)F)c2cccc(C)c21. The van der Waals surface area contributed by atoms with Crippen molar-refractivity contribution in [3.63, 3.8) is 0 Å². The summed E-state index contributed by atoms with van der Waals surface area (Å²) in [6, 6.07) is 5.25. The van der Waals surface area contributed by atoms with Gasteiger partial charge in [0.2, 0.25) is 5.91 Å². The fourth-order valence-corrected chi connectivity index (χ4v) is 2.88. The Labute approximate surface area is 110 Å². The number of fused-ring (bicyclic) bond motifs is 1. The van der Waals surface area contributed by atoms with Crippen LogP contribution in [0.2, 0.25) is 0 Å². The molecule has 104 valence electrons. The minimum absolute atomic E-state index is 0.0853. The lowest BCUT2D eigenvalue weighted by molar-refractivity contribution is -0.146. The van der Waals surface area contributed by atoms with Crippen molar-refractivity contribution in [3.05, 3.63) is 29.3 Å². The monoisotopic (exact) mass is 271 g/mol. The lowest BCUT2D eigenvalue weighted by atomic mass is 9.80. The van der Waals surface area contributed by atoms with Gasteiger partial charge in [0, 0.05) is 18.9 Å². The first-order valence-electron chi connectivity index (χ1n) is 6.09. The molecule has 0 spiro atoms. The van der Waals surface area contributed by atoms with Crippen LogP contribution in [0.15, 0.2) is 18.2 Å². The Hall–Kier alpha value is -1.52. The summed E-state index contributed by atoms with van der Waals surface area (Å²) >= 11 is 0. The summed E-state index contributed by atoms with van der Waals surface area (Å²) in [5.41, 5.74) is 1.02. The molecule has 5 heteroatoms. The van der Waals surface area contributed by atoms with E-state index in [4.69, 9.17) is 0 Å². The molecule has 0 radical (unpaired) electrons. The molecule has 0 fully saturated rings. The number of hydrogen-bond donors (Lipinski definition) is 0. The smallest absolute Gasteiger partial charge is 0.311 e. The third kappa shape index (κ3) is 2.46. The number of aryl methyl sites for hydroxylation is 1. The topological polar surface area (TPSA) is 20.3 Å². The van der Waals surface area contributed by atoms with E-state index in [2.05, 4.69) is 0 Å². The largest absolute Gasteiger partial charge is 0.390 e. The Kier molecular flexibility index (Phi) is 3.11. The van der Waals surface area contributed by atoms with Crippen LogP contribution < -0.4 is 4.90 Å². The van der Waals surface area contributed by atoms with Gasteiger partial charge in [0.25, 0.3) is 0 Å². The summed E-state index contributed by atoms with van der Waals surface area (Å²) in [4.78, 5) is 13.1. The highest BCUT2D eigenvalue weighted by Crippen LogP contribution is 2.47. The summed E-state index contributed by atoms with van der Waals surface area (Å²) in [6.45, 7) is 4.85. The van der Waals surface area contributed by atoms with E-state index in [1.165, 1.54) is 11.8 Å². The molecule has 2 rings (SSSR count). The molecule has 1 aromatic carbocycles. The van der Waals surface area contributed by atoms with Gasteiger partial charge in [0.15, 0.2) is 0 Å². The first-order chi connectivity index (χ1) is 8.64. The van der Waals surface area contributed by atoms with Crippen molar-refractivity contribution in [1.29, 1.82) is 0 Å². The molecule has 0 aromatic heterocycles. The van der Waals surface area contributed by atoms with Gasteiger partial charge in [-0.15, -0.1) is 0 Å². The van der Waals surface area contributed by atoms with Crippen molar-refractivity contribution in [2.75, 3.05) is 11.4 Å². The second kappa shape index (κ2) is 4.25. The number of carbonyl (C=O) groups excluding carboxylic acids is 1. The fraction of sp³-hybridized carbons (Fsp3) is 0.500. The summed E-state index contributed by atoms with van der Waals surface area (Å²) in [7, 11) is 0. The highest BCUT2D eigenvalue weighted by Gasteiger charge is 2.47. The lowest BCUT2D eigenvalue weighted by Gasteiger charge is -2.26. The van der Waals surface area contributed by atoms with Crippen molar-refractivity contribution < 1.29 is 18.0 Å². The van der Waals surface area contributed by atoms with Crippen molar-refractivity contribution in [1.82, 2.24) is 0 Å². The maximum absolute atomic E-state index is 12.8. The van der Waals surface area contributed by atoms with E-state index < -0.39 is 18.0 Å². The van der Waals surface area contributed by atoms with Crippen LogP contribution in [-0.4, -0.2) is 18.6 Å². The number of benzene rings is 1. The Morgan fingerprint density at radius 2 is 2.05 bits per heavy atom. The number of anilines is 1. The van der Waals surface area contributed by atoms with Gasteiger partial charge in [0.1, 0.15) is 0 Å². The van der Waals surface area contributed by atoms with Crippen molar-refractivity contribution in [2.24, 2.45) is 0 Å². The lowest BCUT2D eigenvalue weighted by Crippen LogP contribution is -2.37. The number of hydrogen-bond acceptors (Lipinski definition) is 1. The summed E-state index contributed by atoms with van der Waals surface area (Å²) in [5, 5.41) is 0. The quantitative estimate of drug-likeness (QED) is 0.764.